The van der Waals surface area contributed by atoms with Crippen molar-refractivity contribution < 1.29 is 8.42 Å². The summed E-state index contributed by atoms with van der Waals surface area (Å²) in [6.45, 7) is 0. The summed E-state index contributed by atoms with van der Waals surface area (Å²) in [5, 5.41) is 0. The number of nitrogens with two attached hydrogens (primary N) is 1. The second kappa shape index (κ2) is 5.66. The summed E-state index contributed by atoms with van der Waals surface area (Å²) in [6, 6.07) is 6.70. The highest BCUT2D eigenvalue weighted by Crippen LogP contribution is 2.09. The molecule has 0 atom stereocenters. The Balaban J connectivity index is 1.97. The second-order valence-electron chi connectivity index (χ2n) is 4.00. The lowest BCUT2D eigenvalue weighted by atomic mass is 10.2. The van der Waals surface area contributed by atoms with E-state index >= 15 is 0 Å². The van der Waals surface area contributed by atoms with Gasteiger partial charge in [-0.15, -0.1) is 0 Å². The number of rotatable bonds is 5. The first-order valence-corrected chi connectivity index (χ1v) is 7.31. The third-order valence-corrected chi connectivity index (χ3v) is 3.72. The van der Waals surface area contributed by atoms with Crippen LogP contribution in [0.1, 0.15) is 5.56 Å². The zero-order valence-electron chi connectivity index (χ0n) is 10.2. The quantitative estimate of drug-likeness (QED) is 0.851. The summed E-state index contributed by atoms with van der Waals surface area (Å²) in [5.41, 5.74) is 6.89. The van der Waals surface area contributed by atoms with Gasteiger partial charge in [0.15, 0.2) is 0 Å². The van der Waals surface area contributed by atoms with E-state index in [-0.39, 0.29) is 11.6 Å². The maximum absolute atomic E-state index is 11.9. The molecular formula is C12H14N4O2S. The molecule has 0 amide bonds. The van der Waals surface area contributed by atoms with Gasteiger partial charge in [0.2, 0.25) is 10.0 Å². The fourth-order valence-corrected chi connectivity index (χ4v) is 2.52. The first kappa shape index (κ1) is 13.3. The largest absolute Gasteiger partial charge is 0.397 e. The van der Waals surface area contributed by atoms with E-state index in [1.165, 1.54) is 12.3 Å². The predicted octanol–water partition coefficient (Wildman–Crippen LogP) is 1.04. The number of nitrogen functional groups attached to an aromatic ring is 1. The van der Waals surface area contributed by atoms with Crippen LogP contribution in [0.15, 0.2) is 42.9 Å². The molecule has 6 nitrogen and oxygen atoms in total. The van der Waals surface area contributed by atoms with Crippen LogP contribution >= 0.6 is 0 Å². The van der Waals surface area contributed by atoms with E-state index in [0.717, 1.165) is 5.56 Å². The Bertz CT molecular complexity index is 627. The van der Waals surface area contributed by atoms with Crippen LogP contribution < -0.4 is 10.5 Å². The van der Waals surface area contributed by atoms with Crippen molar-refractivity contribution in [1.29, 1.82) is 0 Å². The van der Waals surface area contributed by atoms with Crippen molar-refractivity contribution in [1.82, 2.24) is 9.97 Å². The summed E-state index contributed by atoms with van der Waals surface area (Å²) in [4.78, 5) is 7.77. The Morgan fingerprint density at radius 1 is 1.16 bits per heavy atom. The molecule has 0 spiro atoms. The van der Waals surface area contributed by atoms with Gasteiger partial charge in [-0.25, -0.2) is 13.4 Å². The molecule has 0 aliphatic rings. The molecule has 7 heteroatoms. The summed E-state index contributed by atoms with van der Waals surface area (Å²) >= 11 is 0. The van der Waals surface area contributed by atoms with Crippen LogP contribution in [0.3, 0.4) is 0 Å². The van der Waals surface area contributed by atoms with Gasteiger partial charge in [0.1, 0.15) is 5.82 Å². The maximum atomic E-state index is 11.9. The molecule has 0 unspecified atom stereocenters. The molecule has 0 aromatic carbocycles. The topological polar surface area (TPSA) is 98.0 Å². The van der Waals surface area contributed by atoms with Gasteiger partial charge in [-0.1, -0.05) is 0 Å². The summed E-state index contributed by atoms with van der Waals surface area (Å²) in [7, 11) is -3.42. The molecular weight excluding hydrogens is 264 g/mol. The summed E-state index contributed by atoms with van der Waals surface area (Å²) in [6.07, 6.45) is 5.10. The van der Waals surface area contributed by atoms with E-state index in [4.69, 9.17) is 5.73 Å². The van der Waals surface area contributed by atoms with Crippen molar-refractivity contribution in [2.45, 2.75) is 6.42 Å². The fraction of sp³-hybridized carbons (Fsp3) is 0.167. The van der Waals surface area contributed by atoms with E-state index in [2.05, 4.69) is 14.7 Å². The number of hydrogen-bond donors (Lipinski definition) is 2. The molecule has 0 saturated carbocycles. The van der Waals surface area contributed by atoms with E-state index in [1.807, 2.05) is 0 Å². The van der Waals surface area contributed by atoms with Crippen LogP contribution in [0.25, 0.3) is 0 Å². The van der Waals surface area contributed by atoms with Crippen molar-refractivity contribution in [2.75, 3.05) is 16.2 Å². The molecule has 2 aromatic rings. The van der Waals surface area contributed by atoms with Crippen molar-refractivity contribution in [3.8, 4) is 0 Å². The number of pyridine rings is 2. The van der Waals surface area contributed by atoms with E-state index in [9.17, 15) is 8.42 Å². The molecule has 0 fully saturated rings. The third-order valence-electron chi connectivity index (χ3n) is 2.46. The van der Waals surface area contributed by atoms with Crippen LogP contribution in [-0.4, -0.2) is 24.1 Å². The third kappa shape index (κ3) is 4.22. The number of anilines is 2. The zero-order valence-corrected chi connectivity index (χ0v) is 11.0. The highest BCUT2D eigenvalue weighted by Gasteiger charge is 2.11. The number of nitrogens with one attached hydrogen (secondary N) is 1. The standard InChI is InChI=1S/C12H14N4O2S/c13-11-1-2-12(15-9-11)16-19(17,18)8-5-10-3-6-14-7-4-10/h1-4,6-7,9H,5,8,13H2,(H,15,16). The first-order chi connectivity index (χ1) is 9.05. The average Bonchev–Trinajstić information content (AvgIpc) is 2.40. The number of aromatic nitrogens is 2. The maximum Gasteiger partial charge on any atom is 0.234 e. The minimum Gasteiger partial charge on any atom is -0.397 e. The molecule has 2 aromatic heterocycles. The van der Waals surface area contributed by atoms with E-state index < -0.39 is 10.0 Å². The Kier molecular flexibility index (Phi) is 3.96. The normalized spacial score (nSPS) is 11.2. The van der Waals surface area contributed by atoms with Gasteiger partial charge in [-0.3, -0.25) is 9.71 Å². The van der Waals surface area contributed by atoms with Crippen LogP contribution in [-0.2, 0) is 16.4 Å². The van der Waals surface area contributed by atoms with Gasteiger partial charge in [0, 0.05) is 12.4 Å². The van der Waals surface area contributed by atoms with E-state index in [0.29, 0.717) is 12.1 Å². The number of hydrogen-bond acceptors (Lipinski definition) is 5. The van der Waals surface area contributed by atoms with Crippen molar-refractivity contribution in [3.63, 3.8) is 0 Å². The lowest BCUT2D eigenvalue weighted by Gasteiger charge is -2.07. The van der Waals surface area contributed by atoms with Crippen LogP contribution in [0.2, 0.25) is 0 Å². The number of sulfonamides is 1. The number of nitrogens with zero attached hydrogens (tertiary/aromatic N) is 2. The molecule has 2 heterocycles. The molecule has 100 valence electrons. The van der Waals surface area contributed by atoms with Crippen molar-refractivity contribution >= 4 is 21.5 Å². The molecule has 0 aliphatic heterocycles. The molecule has 0 bridgehead atoms. The number of aryl methyl sites for hydroxylation is 1. The molecule has 19 heavy (non-hydrogen) atoms. The van der Waals surface area contributed by atoms with Gasteiger partial charge in [0.25, 0.3) is 0 Å². The summed E-state index contributed by atoms with van der Waals surface area (Å²) in [5.74, 6) is 0.257. The Morgan fingerprint density at radius 2 is 1.89 bits per heavy atom. The minimum atomic E-state index is -3.42. The lowest BCUT2D eigenvalue weighted by molar-refractivity contribution is 0.600. The first-order valence-electron chi connectivity index (χ1n) is 5.66. The predicted molar refractivity (Wildman–Crippen MR) is 74.0 cm³/mol. The van der Waals surface area contributed by atoms with Crippen molar-refractivity contribution in [2.24, 2.45) is 0 Å². The van der Waals surface area contributed by atoms with Gasteiger partial charge < -0.3 is 5.73 Å². The van der Waals surface area contributed by atoms with Gasteiger partial charge in [0.05, 0.1) is 17.6 Å². The van der Waals surface area contributed by atoms with Gasteiger partial charge in [-0.05, 0) is 36.2 Å². The minimum absolute atomic E-state index is 0.0108. The Morgan fingerprint density at radius 3 is 2.53 bits per heavy atom. The van der Waals surface area contributed by atoms with Gasteiger partial charge in [-0.2, -0.15) is 0 Å². The highest BCUT2D eigenvalue weighted by atomic mass is 32.2. The Hall–Kier alpha value is -2.15. The highest BCUT2D eigenvalue weighted by molar-refractivity contribution is 7.92. The molecule has 0 aliphatic carbocycles. The molecule has 2 rings (SSSR count). The lowest BCUT2D eigenvalue weighted by Crippen LogP contribution is -2.18. The van der Waals surface area contributed by atoms with Crippen LogP contribution in [0.4, 0.5) is 11.5 Å². The molecule has 3 N–H and O–H groups in total. The zero-order chi connectivity index (χ0) is 13.7. The monoisotopic (exact) mass is 278 g/mol. The van der Waals surface area contributed by atoms with Crippen molar-refractivity contribution in [3.05, 3.63) is 48.4 Å². The fourth-order valence-electron chi connectivity index (χ4n) is 1.48. The second-order valence-corrected chi connectivity index (χ2v) is 5.85. The molecule has 0 radical (unpaired) electrons. The van der Waals surface area contributed by atoms with E-state index in [1.54, 1.807) is 30.6 Å². The Labute approximate surface area is 111 Å². The SMILES string of the molecule is Nc1ccc(NS(=O)(=O)CCc2ccncc2)nc1. The smallest absolute Gasteiger partial charge is 0.234 e. The average molecular weight is 278 g/mol. The van der Waals surface area contributed by atoms with Crippen LogP contribution in [0.5, 0.6) is 0 Å². The molecule has 0 saturated heterocycles. The van der Waals surface area contributed by atoms with Gasteiger partial charge >= 0.3 is 0 Å². The van der Waals surface area contributed by atoms with Crippen LogP contribution in [0, 0.1) is 0 Å². The summed E-state index contributed by atoms with van der Waals surface area (Å²) < 4.78 is 26.1.